The monoisotopic (exact) mass is 305 g/mol. The molecule has 3 nitrogen and oxygen atoms in total. The van der Waals surface area contributed by atoms with Gasteiger partial charge < -0.3 is 15.5 Å². The second-order valence-electron chi connectivity index (χ2n) is 4.47. The Balaban J connectivity index is 2.53. The lowest BCUT2D eigenvalue weighted by atomic mass is 9.93. The standard InChI is InChI=1S/C12H17BrFNO2/c1-12(7-16,8-17)6-15-5-9-4-10(14)2-3-11(9)13/h2-4,15-17H,5-8H2,1H3. The molecule has 0 fully saturated rings. The molecule has 1 aromatic rings. The predicted molar refractivity (Wildman–Crippen MR) is 68.1 cm³/mol. The largest absolute Gasteiger partial charge is 0.396 e. The van der Waals surface area contributed by atoms with Crippen LogP contribution in [0.2, 0.25) is 0 Å². The number of halogens is 2. The van der Waals surface area contributed by atoms with E-state index in [9.17, 15) is 4.39 Å². The second kappa shape index (κ2) is 6.44. The van der Waals surface area contributed by atoms with E-state index in [0.29, 0.717) is 13.1 Å². The first-order valence-electron chi connectivity index (χ1n) is 5.37. The first-order valence-corrected chi connectivity index (χ1v) is 6.16. The summed E-state index contributed by atoms with van der Waals surface area (Å²) in [5, 5.41) is 21.3. The SMILES string of the molecule is CC(CO)(CO)CNCc1cc(F)ccc1Br. The summed E-state index contributed by atoms with van der Waals surface area (Å²) in [6.45, 7) is 2.53. The molecule has 0 spiro atoms. The number of benzene rings is 1. The third kappa shape index (κ3) is 4.35. The minimum atomic E-state index is -0.556. The van der Waals surface area contributed by atoms with Gasteiger partial charge >= 0.3 is 0 Å². The summed E-state index contributed by atoms with van der Waals surface area (Å²) in [4.78, 5) is 0. The van der Waals surface area contributed by atoms with Gasteiger partial charge in [-0.15, -0.1) is 0 Å². The summed E-state index contributed by atoms with van der Waals surface area (Å²) < 4.78 is 13.8. The van der Waals surface area contributed by atoms with Gasteiger partial charge in [0.2, 0.25) is 0 Å². The molecule has 0 aliphatic rings. The summed E-state index contributed by atoms with van der Waals surface area (Å²) in [5.74, 6) is -0.280. The van der Waals surface area contributed by atoms with Crippen molar-refractivity contribution in [3.8, 4) is 0 Å². The van der Waals surface area contributed by atoms with Crippen molar-refractivity contribution in [2.45, 2.75) is 13.5 Å². The zero-order valence-corrected chi connectivity index (χ0v) is 11.3. The lowest BCUT2D eigenvalue weighted by Crippen LogP contribution is -2.37. The Labute approximate surface area is 109 Å². The van der Waals surface area contributed by atoms with Crippen molar-refractivity contribution in [1.29, 1.82) is 0 Å². The topological polar surface area (TPSA) is 52.5 Å². The van der Waals surface area contributed by atoms with E-state index >= 15 is 0 Å². The molecule has 1 aromatic carbocycles. The Kier molecular flexibility index (Phi) is 5.52. The second-order valence-corrected chi connectivity index (χ2v) is 5.32. The van der Waals surface area contributed by atoms with Gasteiger partial charge in [0, 0.05) is 23.0 Å². The average Bonchev–Trinajstić information content (AvgIpc) is 2.33. The molecular formula is C12H17BrFNO2. The van der Waals surface area contributed by atoms with Gasteiger partial charge in [0.1, 0.15) is 5.82 Å². The molecule has 0 saturated carbocycles. The van der Waals surface area contributed by atoms with E-state index in [4.69, 9.17) is 10.2 Å². The third-order valence-corrected chi connectivity index (χ3v) is 3.41. The van der Waals surface area contributed by atoms with Gasteiger partial charge in [-0.25, -0.2) is 4.39 Å². The summed E-state index contributed by atoms with van der Waals surface area (Å²) in [7, 11) is 0. The Bertz CT molecular complexity index is 370. The highest BCUT2D eigenvalue weighted by Gasteiger charge is 2.21. The zero-order valence-electron chi connectivity index (χ0n) is 9.71. The number of rotatable bonds is 6. The normalized spacial score (nSPS) is 11.8. The molecular weight excluding hydrogens is 289 g/mol. The van der Waals surface area contributed by atoms with Crippen LogP contribution in [0.15, 0.2) is 22.7 Å². The Morgan fingerprint density at radius 2 is 2.00 bits per heavy atom. The molecule has 3 N–H and O–H groups in total. The van der Waals surface area contributed by atoms with Crippen LogP contribution in [0.25, 0.3) is 0 Å². The van der Waals surface area contributed by atoms with Crippen LogP contribution in [0.5, 0.6) is 0 Å². The number of nitrogens with one attached hydrogen (secondary N) is 1. The number of hydrogen-bond acceptors (Lipinski definition) is 3. The van der Waals surface area contributed by atoms with Gasteiger partial charge in [0.15, 0.2) is 0 Å². The molecule has 17 heavy (non-hydrogen) atoms. The fourth-order valence-corrected chi connectivity index (χ4v) is 1.73. The van der Waals surface area contributed by atoms with E-state index < -0.39 is 5.41 Å². The van der Waals surface area contributed by atoms with E-state index in [1.54, 1.807) is 13.0 Å². The highest BCUT2D eigenvalue weighted by atomic mass is 79.9. The molecule has 0 unspecified atom stereocenters. The predicted octanol–water partition coefficient (Wildman–Crippen LogP) is 1.67. The number of aliphatic hydroxyl groups is 2. The number of aliphatic hydroxyl groups excluding tert-OH is 2. The fourth-order valence-electron chi connectivity index (χ4n) is 1.34. The van der Waals surface area contributed by atoms with Gasteiger partial charge in [-0.05, 0) is 23.8 Å². The minimum absolute atomic E-state index is 0.0964. The van der Waals surface area contributed by atoms with Gasteiger partial charge in [-0.2, -0.15) is 0 Å². The van der Waals surface area contributed by atoms with Crippen molar-refractivity contribution in [2.75, 3.05) is 19.8 Å². The summed E-state index contributed by atoms with van der Waals surface area (Å²) >= 11 is 3.34. The van der Waals surface area contributed by atoms with Crippen molar-refractivity contribution >= 4 is 15.9 Å². The summed E-state index contributed by atoms with van der Waals surface area (Å²) in [6.07, 6.45) is 0. The molecule has 0 aromatic heterocycles. The molecule has 0 saturated heterocycles. The highest BCUT2D eigenvalue weighted by molar-refractivity contribution is 9.10. The molecule has 0 aliphatic heterocycles. The van der Waals surface area contributed by atoms with Gasteiger partial charge in [-0.1, -0.05) is 22.9 Å². The van der Waals surface area contributed by atoms with Gasteiger partial charge in [-0.3, -0.25) is 0 Å². The Morgan fingerprint density at radius 3 is 2.59 bits per heavy atom. The van der Waals surface area contributed by atoms with Crippen LogP contribution >= 0.6 is 15.9 Å². The van der Waals surface area contributed by atoms with Crippen LogP contribution in [0.3, 0.4) is 0 Å². The molecule has 0 heterocycles. The van der Waals surface area contributed by atoms with Crippen LogP contribution in [0, 0.1) is 11.2 Å². The van der Waals surface area contributed by atoms with Crippen molar-refractivity contribution in [1.82, 2.24) is 5.32 Å². The summed E-state index contributed by atoms with van der Waals surface area (Å²) in [5.41, 5.74) is 0.253. The minimum Gasteiger partial charge on any atom is -0.396 e. The van der Waals surface area contributed by atoms with Crippen LogP contribution in [0.4, 0.5) is 4.39 Å². The molecule has 0 amide bonds. The maximum Gasteiger partial charge on any atom is 0.123 e. The first kappa shape index (κ1) is 14.6. The zero-order chi connectivity index (χ0) is 12.9. The highest BCUT2D eigenvalue weighted by Crippen LogP contribution is 2.18. The van der Waals surface area contributed by atoms with Crippen LogP contribution < -0.4 is 5.32 Å². The van der Waals surface area contributed by atoms with E-state index in [1.807, 2.05) is 0 Å². The quantitative estimate of drug-likeness (QED) is 0.749. The lowest BCUT2D eigenvalue weighted by molar-refractivity contribution is 0.0695. The van der Waals surface area contributed by atoms with E-state index in [-0.39, 0.29) is 19.0 Å². The molecule has 0 atom stereocenters. The molecule has 0 aliphatic carbocycles. The number of hydrogen-bond donors (Lipinski definition) is 3. The van der Waals surface area contributed by atoms with E-state index in [0.717, 1.165) is 10.0 Å². The molecule has 1 rings (SSSR count). The third-order valence-electron chi connectivity index (χ3n) is 2.64. The van der Waals surface area contributed by atoms with Crippen molar-refractivity contribution in [2.24, 2.45) is 5.41 Å². The van der Waals surface area contributed by atoms with Gasteiger partial charge in [0.25, 0.3) is 0 Å². The van der Waals surface area contributed by atoms with Crippen LogP contribution in [-0.4, -0.2) is 30.0 Å². The van der Waals surface area contributed by atoms with Crippen molar-refractivity contribution < 1.29 is 14.6 Å². The maximum absolute atomic E-state index is 13.0. The van der Waals surface area contributed by atoms with Crippen molar-refractivity contribution in [3.63, 3.8) is 0 Å². The van der Waals surface area contributed by atoms with E-state index in [2.05, 4.69) is 21.2 Å². The van der Waals surface area contributed by atoms with Crippen LogP contribution in [-0.2, 0) is 6.54 Å². The average molecular weight is 306 g/mol. The van der Waals surface area contributed by atoms with Gasteiger partial charge in [0.05, 0.1) is 13.2 Å². The molecule has 0 bridgehead atoms. The first-order chi connectivity index (χ1) is 8.00. The van der Waals surface area contributed by atoms with E-state index in [1.165, 1.54) is 12.1 Å². The molecule has 0 radical (unpaired) electrons. The lowest BCUT2D eigenvalue weighted by Gasteiger charge is -2.25. The smallest absolute Gasteiger partial charge is 0.123 e. The van der Waals surface area contributed by atoms with Crippen molar-refractivity contribution in [3.05, 3.63) is 34.1 Å². The fraction of sp³-hybridized carbons (Fsp3) is 0.500. The maximum atomic E-state index is 13.0. The molecule has 5 heteroatoms. The Hall–Kier alpha value is -0.490. The summed E-state index contributed by atoms with van der Waals surface area (Å²) in [6, 6.07) is 4.50. The molecule has 96 valence electrons. The van der Waals surface area contributed by atoms with Crippen LogP contribution in [0.1, 0.15) is 12.5 Å². The Morgan fingerprint density at radius 1 is 1.35 bits per heavy atom.